The SMILES string of the molecule is O=Cc1cc2c(cc1Cl)C(OC(=O)O)CC2. The molecular weight excluding hydrogens is 232 g/mol. The first-order chi connectivity index (χ1) is 7.61. The lowest BCUT2D eigenvalue weighted by molar-refractivity contribution is 0.0519. The van der Waals surface area contributed by atoms with E-state index in [1.165, 1.54) is 0 Å². The molecule has 2 rings (SSSR count). The summed E-state index contributed by atoms with van der Waals surface area (Å²) in [6.45, 7) is 0. The number of hydrogen-bond donors (Lipinski definition) is 1. The van der Waals surface area contributed by atoms with E-state index in [-0.39, 0.29) is 0 Å². The molecule has 1 unspecified atom stereocenters. The zero-order chi connectivity index (χ0) is 11.7. The van der Waals surface area contributed by atoms with Crippen molar-refractivity contribution >= 4 is 24.0 Å². The lowest BCUT2D eigenvalue weighted by atomic mass is 10.1. The minimum Gasteiger partial charge on any atom is -0.450 e. The first kappa shape index (κ1) is 11.0. The molecule has 0 saturated carbocycles. The van der Waals surface area contributed by atoms with Crippen molar-refractivity contribution in [3.63, 3.8) is 0 Å². The van der Waals surface area contributed by atoms with Crippen LogP contribution in [0.15, 0.2) is 12.1 Å². The van der Waals surface area contributed by atoms with Gasteiger partial charge in [0.1, 0.15) is 6.10 Å². The number of hydrogen-bond acceptors (Lipinski definition) is 3. The lowest BCUT2D eigenvalue weighted by Crippen LogP contribution is -2.06. The largest absolute Gasteiger partial charge is 0.506 e. The highest BCUT2D eigenvalue weighted by Gasteiger charge is 2.26. The van der Waals surface area contributed by atoms with Crippen molar-refractivity contribution in [2.75, 3.05) is 0 Å². The first-order valence-electron chi connectivity index (χ1n) is 4.79. The van der Waals surface area contributed by atoms with Crippen LogP contribution >= 0.6 is 11.6 Å². The third kappa shape index (κ3) is 1.88. The van der Waals surface area contributed by atoms with Crippen LogP contribution in [-0.2, 0) is 11.2 Å². The number of fused-ring (bicyclic) bond motifs is 1. The summed E-state index contributed by atoms with van der Waals surface area (Å²) in [5.41, 5.74) is 2.12. The number of ether oxygens (including phenoxy) is 1. The molecule has 0 aliphatic heterocycles. The molecule has 0 bridgehead atoms. The number of aldehydes is 1. The van der Waals surface area contributed by atoms with Gasteiger partial charge >= 0.3 is 6.16 Å². The van der Waals surface area contributed by atoms with Gasteiger partial charge in [0, 0.05) is 5.56 Å². The zero-order valence-electron chi connectivity index (χ0n) is 8.27. The second-order valence-electron chi connectivity index (χ2n) is 3.60. The Labute approximate surface area is 96.8 Å². The van der Waals surface area contributed by atoms with E-state index in [4.69, 9.17) is 21.4 Å². The number of halogens is 1. The van der Waals surface area contributed by atoms with E-state index in [9.17, 15) is 9.59 Å². The molecule has 1 atom stereocenters. The van der Waals surface area contributed by atoms with Gasteiger partial charge in [0.05, 0.1) is 5.02 Å². The van der Waals surface area contributed by atoms with E-state index >= 15 is 0 Å². The summed E-state index contributed by atoms with van der Waals surface area (Å²) < 4.78 is 4.74. The van der Waals surface area contributed by atoms with Crippen LogP contribution in [0, 0.1) is 0 Å². The number of carbonyl (C=O) groups excluding carboxylic acids is 1. The van der Waals surface area contributed by atoms with Gasteiger partial charge < -0.3 is 9.84 Å². The fourth-order valence-electron chi connectivity index (χ4n) is 1.95. The average Bonchev–Trinajstić information content (AvgIpc) is 2.59. The number of carboxylic acid groups (broad SMARTS) is 1. The number of carbonyl (C=O) groups is 2. The van der Waals surface area contributed by atoms with E-state index in [2.05, 4.69) is 0 Å². The Bertz CT molecular complexity index is 456. The van der Waals surface area contributed by atoms with Crippen molar-refractivity contribution in [3.8, 4) is 0 Å². The van der Waals surface area contributed by atoms with Crippen LogP contribution in [-0.4, -0.2) is 17.5 Å². The molecule has 0 fully saturated rings. The van der Waals surface area contributed by atoms with Crippen molar-refractivity contribution < 1.29 is 19.4 Å². The third-order valence-corrected chi connectivity index (χ3v) is 2.98. The molecule has 4 nitrogen and oxygen atoms in total. The topological polar surface area (TPSA) is 63.6 Å². The molecule has 84 valence electrons. The van der Waals surface area contributed by atoms with Gasteiger partial charge in [0.25, 0.3) is 0 Å². The Morgan fingerprint density at radius 2 is 2.31 bits per heavy atom. The summed E-state index contributed by atoms with van der Waals surface area (Å²) in [6.07, 6.45) is 0.221. The summed E-state index contributed by atoms with van der Waals surface area (Å²) in [4.78, 5) is 21.1. The monoisotopic (exact) mass is 240 g/mol. The van der Waals surface area contributed by atoms with Crippen LogP contribution in [0.25, 0.3) is 0 Å². The van der Waals surface area contributed by atoms with Crippen molar-refractivity contribution in [2.24, 2.45) is 0 Å². The Kier molecular flexibility index (Phi) is 2.83. The van der Waals surface area contributed by atoms with Gasteiger partial charge in [0.15, 0.2) is 6.29 Å². The Morgan fingerprint density at radius 3 is 2.94 bits per heavy atom. The molecule has 1 N–H and O–H groups in total. The molecule has 1 aliphatic rings. The highest BCUT2D eigenvalue weighted by molar-refractivity contribution is 6.33. The fourth-order valence-corrected chi connectivity index (χ4v) is 2.16. The number of aryl methyl sites for hydroxylation is 1. The second kappa shape index (κ2) is 4.14. The lowest BCUT2D eigenvalue weighted by Gasteiger charge is -2.11. The predicted molar refractivity (Wildman–Crippen MR) is 57.0 cm³/mol. The molecule has 1 aromatic rings. The van der Waals surface area contributed by atoms with Crippen LogP contribution in [0.4, 0.5) is 4.79 Å². The molecule has 16 heavy (non-hydrogen) atoms. The molecule has 0 saturated heterocycles. The van der Waals surface area contributed by atoms with E-state index in [1.54, 1.807) is 12.1 Å². The number of benzene rings is 1. The van der Waals surface area contributed by atoms with Gasteiger partial charge in [-0.1, -0.05) is 11.6 Å². The zero-order valence-corrected chi connectivity index (χ0v) is 9.03. The Morgan fingerprint density at radius 1 is 1.56 bits per heavy atom. The van der Waals surface area contributed by atoms with Gasteiger partial charge in [-0.15, -0.1) is 0 Å². The Balaban J connectivity index is 2.37. The predicted octanol–water partition coefficient (Wildman–Crippen LogP) is 2.83. The van der Waals surface area contributed by atoms with E-state index in [0.29, 0.717) is 29.7 Å². The summed E-state index contributed by atoms with van der Waals surface area (Å²) in [5.74, 6) is 0. The van der Waals surface area contributed by atoms with Gasteiger partial charge in [-0.2, -0.15) is 0 Å². The molecule has 5 heteroatoms. The van der Waals surface area contributed by atoms with E-state index in [1.807, 2.05) is 0 Å². The highest BCUT2D eigenvalue weighted by Crippen LogP contribution is 2.36. The summed E-state index contributed by atoms with van der Waals surface area (Å²) in [6, 6.07) is 3.30. The van der Waals surface area contributed by atoms with Crippen molar-refractivity contribution in [2.45, 2.75) is 18.9 Å². The summed E-state index contributed by atoms with van der Waals surface area (Å²) in [5, 5.41) is 8.89. The summed E-state index contributed by atoms with van der Waals surface area (Å²) >= 11 is 5.88. The maximum Gasteiger partial charge on any atom is 0.506 e. The molecule has 0 heterocycles. The molecule has 0 spiro atoms. The van der Waals surface area contributed by atoms with E-state index in [0.717, 1.165) is 11.1 Å². The van der Waals surface area contributed by atoms with Gasteiger partial charge in [-0.05, 0) is 36.1 Å². The summed E-state index contributed by atoms with van der Waals surface area (Å²) in [7, 11) is 0. The van der Waals surface area contributed by atoms with Gasteiger partial charge in [-0.3, -0.25) is 4.79 Å². The maximum absolute atomic E-state index is 10.7. The van der Waals surface area contributed by atoms with Crippen LogP contribution < -0.4 is 0 Å². The minimum atomic E-state index is -1.30. The van der Waals surface area contributed by atoms with Gasteiger partial charge in [-0.25, -0.2) is 4.79 Å². The molecular formula is C11H9ClO4. The molecule has 1 aliphatic carbocycles. The first-order valence-corrected chi connectivity index (χ1v) is 5.16. The molecule has 0 radical (unpaired) electrons. The van der Waals surface area contributed by atoms with Crippen LogP contribution in [0.2, 0.25) is 5.02 Å². The molecule has 1 aromatic carbocycles. The van der Waals surface area contributed by atoms with Crippen LogP contribution in [0.5, 0.6) is 0 Å². The normalized spacial score (nSPS) is 17.9. The van der Waals surface area contributed by atoms with Crippen LogP contribution in [0.1, 0.15) is 34.0 Å². The fraction of sp³-hybridized carbons (Fsp3) is 0.273. The maximum atomic E-state index is 10.7. The van der Waals surface area contributed by atoms with Crippen LogP contribution in [0.3, 0.4) is 0 Å². The average molecular weight is 241 g/mol. The standard InChI is InChI=1S/C11H9ClO4/c12-9-4-8-6(3-7(9)5-13)1-2-10(8)16-11(14)15/h3-5,10H,1-2H2,(H,14,15). The quantitative estimate of drug-likeness (QED) is 0.638. The van der Waals surface area contributed by atoms with Crippen molar-refractivity contribution in [1.82, 2.24) is 0 Å². The smallest absolute Gasteiger partial charge is 0.450 e. The molecule has 0 amide bonds. The molecule has 0 aromatic heterocycles. The van der Waals surface area contributed by atoms with Gasteiger partial charge in [0.2, 0.25) is 0 Å². The second-order valence-corrected chi connectivity index (χ2v) is 4.01. The third-order valence-electron chi connectivity index (χ3n) is 2.65. The van der Waals surface area contributed by atoms with Crippen molar-refractivity contribution in [1.29, 1.82) is 0 Å². The minimum absolute atomic E-state index is 0.328. The van der Waals surface area contributed by atoms with Crippen molar-refractivity contribution in [3.05, 3.63) is 33.8 Å². The number of rotatable bonds is 2. The van der Waals surface area contributed by atoms with E-state index < -0.39 is 12.3 Å². The Hall–Kier alpha value is -1.55. The highest BCUT2D eigenvalue weighted by atomic mass is 35.5.